The van der Waals surface area contributed by atoms with E-state index in [0.29, 0.717) is 23.1 Å². The second-order valence-electron chi connectivity index (χ2n) is 4.87. The molecule has 122 valence electrons. The number of para-hydroxylation sites is 2. The minimum absolute atomic E-state index is 0.0660. The summed E-state index contributed by atoms with van der Waals surface area (Å²) in [6.07, 6.45) is 1.48. The topological polar surface area (TPSA) is 69.0 Å². The van der Waals surface area contributed by atoms with Crippen LogP contribution < -0.4 is 10.1 Å². The maximum atomic E-state index is 12.3. The van der Waals surface area contributed by atoms with Crippen LogP contribution in [0, 0.1) is 0 Å². The molecule has 0 fully saturated rings. The lowest BCUT2D eigenvalue weighted by molar-refractivity contribution is 0.101. The smallest absolute Gasteiger partial charge is 0.295 e. The zero-order valence-corrected chi connectivity index (χ0v) is 13.7. The van der Waals surface area contributed by atoms with Crippen molar-refractivity contribution in [1.82, 2.24) is 14.8 Å². The van der Waals surface area contributed by atoms with Gasteiger partial charge >= 0.3 is 0 Å². The summed E-state index contributed by atoms with van der Waals surface area (Å²) in [4.78, 5) is 16.4. The Bertz CT molecular complexity index is 846. The molecule has 1 N–H and O–H groups in total. The van der Waals surface area contributed by atoms with Crippen LogP contribution in [0.5, 0.6) is 5.75 Å². The van der Waals surface area contributed by atoms with Gasteiger partial charge < -0.3 is 10.1 Å². The summed E-state index contributed by atoms with van der Waals surface area (Å²) >= 11 is 5.86. The fourth-order valence-corrected chi connectivity index (χ4v) is 2.24. The molecule has 0 radical (unpaired) electrons. The van der Waals surface area contributed by atoms with Crippen LogP contribution in [0.15, 0.2) is 54.9 Å². The van der Waals surface area contributed by atoms with Gasteiger partial charge in [0.05, 0.1) is 18.0 Å². The number of carbonyl (C=O) groups is 1. The van der Waals surface area contributed by atoms with Crippen molar-refractivity contribution in [1.29, 1.82) is 0 Å². The fraction of sp³-hybridized carbons (Fsp3) is 0.118. The predicted octanol–water partition coefficient (Wildman–Crippen LogP) is 3.57. The molecule has 0 bridgehead atoms. The van der Waals surface area contributed by atoms with E-state index in [1.165, 1.54) is 11.0 Å². The summed E-state index contributed by atoms with van der Waals surface area (Å²) in [5, 5.41) is 7.58. The number of nitrogens with one attached hydrogen (secondary N) is 1. The van der Waals surface area contributed by atoms with Gasteiger partial charge in [-0.1, -0.05) is 23.7 Å². The van der Waals surface area contributed by atoms with Gasteiger partial charge in [-0.05, 0) is 43.3 Å². The summed E-state index contributed by atoms with van der Waals surface area (Å²) in [7, 11) is 0. The molecule has 3 rings (SSSR count). The number of aromatic nitrogens is 3. The van der Waals surface area contributed by atoms with Crippen LogP contribution in [-0.4, -0.2) is 27.3 Å². The Morgan fingerprint density at radius 1 is 1.21 bits per heavy atom. The van der Waals surface area contributed by atoms with Gasteiger partial charge in [0.1, 0.15) is 12.1 Å². The average Bonchev–Trinajstić information content (AvgIpc) is 3.08. The normalized spacial score (nSPS) is 10.4. The molecular formula is C17H15ClN4O2. The van der Waals surface area contributed by atoms with Crippen LogP contribution in [-0.2, 0) is 0 Å². The first kappa shape index (κ1) is 16.0. The zero-order valence-electron chi connectivity index (χ0n) is 12.9. The van der Waals surface area contributed by atoms with E-state index in [1.54, 1.807) is 36.4 Å². The lowest BCUT2D eigenvalue weighted by atomic mass is 10.3. The first-order valence-corrected chi connectivity index (χ1v) is 7.76. The third-order valence-corrected chi connectivity index (χ3v) is 3.47. The number of amides is 1. The number of hydrogen-bond acceptors (Lipinski definition) is 4. The van der Waals surface area contributed by atoms with E-state index >= 15 is 0 Å². The minimum atomic E-state index is -0.408. The summed E-state index contributed by atoms with van der Waals surface area (Å²) < 4.78 is 7.00. The highest BCUT2D eigenvalue weighted by atomic mass is 35.5. The molecule has 3 aromatic rings. The second kappa shape index (κ2) is 7.14. The molecule has 0 unspecified atom stereocenters. The molecule has 0 saturated carbocycles. The fourth-order valence-electron chi connectivity index (χ4n) is 2.11. The maximum absolute atomic E-state index is 12.3. The third kappa shape index (κ3) is 3.55. The number of carbonyl (C=O) groups excluding carboxylic acids is 1. The number of rotatable bonds is 5. The Morgan fingerprint density at radius 3 is 2.71 bits per heavy atom. The zero-order chi connectivity index (χ0) is 16.9. The first-order valence-electron chi connectivity index (χ1n) is 7.38. The lowest BCUT2D eigenvalue weighted by Gasteiger charge is -2.09. The van der Waals surface area contributed by atoms with Crippen LogP contribution >= 0.6 is 11.6 Å². The number of hydrogen-bond donors (Lipinski definition) is 1. The van der Waals surface area contributed by atoms with Gasteiger partial charge in [-0.15, -0.1) is 5.10 Å². The van der Waals surface area contributed by atoms with E-state index in [-0.39, 0.29) is 5.82 Å². The Balaban J connectivity index is 1.78. The van der Waals surface area contributed by atoms with Crippen molar-refractivity contribution < 1.29 is 9.53 Å². The van der Waals surface area contributed by atoms with Crippen molar-refractivity contribution in [2.24, 2.45) is 0 Å². The third-order valence-electron chi connectivity index (χ3n) is 3.22. The molecule has 1 aromatic heterocycles. The van der Waals surface area contributed by atoms with Gasteiger partial charge in [0.25, 0.3) is 5.91 Å². The number of ether oxygens (including phenoxy) is 1. The van der Waals surface area contributed by atoms with E-state index in [1.807, 2.05) is 19.1 Å². The molecule has 7 heteroatoms. The molecule has 0 spiro atoms. The molecule has 0 aliphatic rings. The summed E-state index contributed by atoms with van der Waals surface area (Å²) in [5.74, 6) is 0.261. The second-order valence-corrected chi connectivity index (χ2v) is 5.31. The Labute approximate surface area is 144 Å². The van der Waals surface area contributed by atoms with Crippen molar-refractivity contribution in [3.8, 4) is 11.4 Å². The Morgan fingerprint density at radius 2 is 1.96 bits per heavy atom. The number of halogens is 1. The van der Waals surface area contributed by atoms with Gasteiger partial charge in [0.2, 0.25) is 5.82 Å². The molecular weight excluding hydrogens is 328 g/mol. The van der Waals surface area contributed by atoms with E-state index in [2.05, 4.69) is 15.4 Å². The number of nitrogens with zero attached hydrogens (tertiary/aromatic N) is 3. The molecule has 6 nitrogen and oxygen atoms in total. The highest BCUT2D eigenvalue weighted by Crippen LogP contribution is 2.24. The molecule has 0 aliphatic heterocycles. The lowest BCUT2D eigenvalue weighted by Crippen LogP contribution is -2.15. The van der Waals surface area contributed by atoms with Crippen LogP contribution in [0.25, 0.3) is 5.69 Å². The molecule has 1 amide bonds. The van der Waals surface area contributed by atoms with Crippen molar-refractivity contribution in [2.75, 3.05) is 11.9 Å². The molecule has 1 heterocycles. The Kier molecular flexibility index (Phi) is 4.77. The van der Waals surface area contributed by atoms with Crippen LogP contribution in [0.4, 0.5) is 5.69 Å². The van der Waals surface area contributed by atoms with Gasteiger partial charge in [0.15, 0.2) is 0 Å². The minimum Gasteiger partial charge on any atom is -0.492 e. The van der Waals surface area contributed by atoms with E-state index in [9.17, 15) is 4.79 Å². The van der Waals surface area contributed by atoms with Crippen molar-refractivity contribution in [2.45, 2.75) is 6.92 Å². The largest absolute Gasteiger partial charge is 0.492 e. The number of benzene rings is 2. The molecule has 0 atom stereocenters. The monoisotopic (exact) mass is 342 g/mol. The highest BCUT2D eigenvalue weighted by molar-refractivity contribution is 6.30. The van der Waals surface area contributed by atoms with Crippen molar-refractivity contribution in [3.63, 3.8) is 0 Å². The Hall–Kier alpha value is -2.86. The van der Waals surface area contributed by atoms with Crippen molar-refractivity contribution in [3.05, 3.63) is 65.7 Å². The van der Waals surface area contributed by atoms with Gasteiger partial charge in [0, 0.05) is 5.02 Å². The molecule has 0 aliphatic carbocycles. The van der Waals surface area contributed by atoms with Gasteiger partial charge in [-0.25, -0.2) is 9.67 Å². The summed E-state index contributed by atoms with van der Waals surface area (Å²) in [6.45, 7) is 2.39. The SMILES string of the molecule is CCOc1ccccc1NC(=O)c1ncn(-c2ccc(Cl)cc2)n1. The molecule has 0 saturated heterocycles. The van der Waals surface area contributed by atoms with Crippen LogP contribution in [0.1, 0.15) is 17.5 Å². The van der Waals surface area contributed by atoms with E-state index < -0.39 is 5.91 Å². The maximum Gasteiger partial charge on any atom is 0.295 e. The van der Waals surface area contributed by atoms with Crippen LogP contribution in [0.3, 0.4) is 0 Å². The van der Waals surface area contributed by atoms with E-state index in [0.717, 1.165) is 5.69 Å². The highest BCUT2D eigenvalue weighted by Gasteiger charge is 2.14. The van der Waals surface area contributed by atoms with Gasteiger partial charge in [-0.2, -0.15) is 0 Å². The summed E-state index contributed by atoms with van der Waals surface area (Å²) in [6, 6.07) is 14.3. The predicted molar refractivity (Wildman–Crippen MR) is 91.9 cm³/mol. The summed E-state index contributed by atoms with van der Waals surface area (Å²) in [5.41, 5.74) is 1.34. The first-order chi connectivity index (χ1) is 11.7. The average molecular weight is 343 g/mol. The molecule has 2 aromatic carbocycles. The quantitative estimate of drug-likeness (QED) is 0.769. The van der Waals surface area contributed by atoms with Crippen molar-refractivity contribution >= 4 is 23.2 Å². The number of anilines is 1. The van der Waals surface area contributed by atoms with Gasteiger partial charge in [-0.3, -0.25) is 4.79 Å². The van der Waals surface area contributed by atoms with E-state index in [4.69, 9.17) is 16.3 Å². The molecule has 24 heavy (non-hydrogen) atoms. The van der Waals surface area contributed by atoms with Crippen LogP contribution in [0.2, 0.25) is 5.02 Å². The standard InChI is InChI=1S/C17H15ClN4O2/c1-2-24-15-6-4-3-5-14(15)20-17(23)16-19-11-22(21-16)13-9-7-12(18)8-10-13/h3-11H,2H2,1H3,(H,20,23).